The molecular formula is C35H52F2O3. The Morgan fingerprint density at radius 1 is 0.825 bits per heavy atom. The molecule has 0 heterocycles. The molecule has 3 aliphatic rings. The first kappa shape index (κ1) is 31.1. The molecule has 3 saturated carbocycles. The molecule has 3 nitrogen and oxygen atoms in total. The molecule has 0 saturated heterocycles. The van der Waals surface area contributed by atoms with Crippen molar-refractivity contribution in [2.24, 2.45) is 29.6 Å². The fourth-order valence-corrected chi connectivity index (χ4v) is 7.33. The quantitative estimate of drug-likeness (QED) is 0.178. The molecule has 5 heteroatoms. The van der Waals surface area contributed by atoms with Crippen LogP contribution in [0.5, 0.6) is 11.5 Å². The molecule has 4 unspecified atom stereocenters. The number of allylic oxidation sites excluding steroid dienone is 4. The minimum atomic E-state index is -0.964. The lowest BCUT2D eigenvalue weighted by molar-refractivity contribution is -0.0212. The first-order valence-electron chi connectivity index (χ1n) is 16.2. The second-order valence-electron chi connectivity index (χ2n) is 12.5. The van der Waals surface area contributed by atoms with Crippen molar-refractivity contribution < 1.29 is 23.0 Å². The van der Waals surface area contributed by atoms with E-state index in [9.17, 15) is 8.78 Å². The summed E-state index contributed by atoms with van der Waals surface area (Å²) < 4.78 is 46.0. The van der Waals surface area contributed by atoms with Crippen LogP contribution >= 0.6 is 0 Å². The number of fused-ring (bicyclic) bond motifs is 1. The zero-order valence-electron chi connectivity index (χ0n) is 25.1. The van der Waals surface area contributed by atoms with Gasteiger partial charge in [0.15, 0.2) is 11.5 Å². The summed E-state index contributed by atoms with van der Waals surface area (Å²) in [7, 11) is 0. The van der Waals surface area contributed by atoms with E-state index < -0.39 is 11.6 Å². The summed E-state index contributed by atoms with van der Waals surface area (Å²) >= 11 is 0. The molecule has 0 N–H and O–H groups in total. The molecule has 0 bridgehead atoms. The first-order valence-corrected chi connectivity index (χ1v) is 16.2. The van der Waals surface area contributed by atoms with E-state index in [1.54, 1.807) is 6.92 Å². The van der Waals surface area contributed by atoms with Gasteiger partial charge in [-0.15, -0.1) is 0 Å². The van der Waals surface area contributed by atoms with Gasteiger partial charge in [0.1, 0.15) is 0 Å². The third kappa shape index (κ3) is 8.57. The van der Waals surface area contributed by atoms with Gasteiger partial charge in [0, 0.05) is 6.61 Å². The number of benzene rings is 1. The van der Waals surface area contributed by atoms with Crippen molar-refractivity contribution in [3.63, 3.8) is 0 Å². The Morgan fingerprint density at radius 3 is 2.05 bits per heavy atom. The largest absolute Gasteiger partial charge is 0.491 e. The first-order chi connectivity index (χ1) is 19.5. The number of hydrogen-bond acceptors (Lipinski definition) is 3. The third-order valence-electron chi connectivity index (χ3n) is 9.70. The zero-order chi connectivity index (χ0) is 28.3. The highest BCUT2D eigenvalue weighted by Gasteiger charge is 2.36. The summed E-state index contributed by atoms with van der Waals surface area (Å²) in [6.45, 7) is 7.84. The Bertz CT molecular complexity index is 966. The fraction of sp³-hybridized carbons (Fsp3) is 0.714. The van der Waals surface area contributed by atoms with Crippen molar-refractivity contribution in [1.82, 2.24) is 0 Å². The molecule has 1 aromatic rings. The molecule has 0 spiro atoms. The van der Waals surface area contributed by atoms with Gasteiger partial charge in [-0.2, -0.15) is 8.78 Å². The lowest BCUT2D eigenvalue weighted by Gasteiger charge is -2.42. The molecule has 4 atom stereocenters. The maximum atomic E-state index is 14.4. The van der Waals surface area contributed by atoms with Crippen LogP contribution < -0.4 is 9.47 Å². The van der Waals surface area contributed by atoms with Gasteiger partial charge in [-0.1, -0.05) is 38.0 Å². The monoisotopic (exact) mass is 558 g/mol. The van der Waals surface area contributed by atoms with Crippen LogP contribution in [-0.4, -0.2) is 25.9 Å². The number of unbranched alkanes of at least 4 members (excludes halogenated alkanes) is 2. The average molecular weight is 559 g/mol. The molecule has 3 fully saturated rings. The van der Waals surface area contributed by atoms with Crippen molar-refractivity contribution in [1.29, 1.82) is 0 Å². The standard InChI is InChI=1S/C35H52F2O3/c1-4-7-8-9-10-27(5-2)28-15-17-31(18-16-28)39-23-25-11-13-30-22-26(12-14-29(30)21-25)24-40-33-20-19-32(38-6-3)34(36)35(33)37/h5,9-10,19-20,25-26,28-31H,4,6-8,11-18,21-24H2,1-3H3/b10-9-,27-5+. The van der Waals surface area contributed by atoms with Gasteiger partial charge in [0.25, 0.3) is 0 Å². The summed E-state index contributed by atoms with van der Waals surface area (Å²) in [4.78, 5) is 0. The molecule has 40 heavy (non-hydrogen) atoms. The van der Waals surface area contributed by atoms with E-state index in [4.69, 9.17) is 14.2 Å². The summed E-state index contributed by atoms with van der Waals surface area (Å²) in [5, 5.41) is 0. The van der Waals surface area contributed by atoms with Crippen LogP contribution in [0.25, 0.3) is 0 Å². The van der Waals surface area contributed by atoms with Gasteiger partial charge in [0.2, 0.25) is 11.6 Å². The predicted octanol–water partition coefficient (Wildman–Crippen LogP) is 9.84. The van der Waals surface area contributed by atoms with Crippen molar-refractivity contribution in [3.8, 4) is 11.5 Å². The van der Waals surface area contributed by atoms with Gasteiger partial charge in [0.05, 0.1) is 19.3 Å². The number of ether oxygens (including phenoxy) is 3. The van der Waals surface area contributed by atoms with E-state index in [-0.39, 0.29) is 11.5 Å². The molecule has 0 aromatic heterocycles. The molecule has 0 radical (unpaired) electrons. The third-order valence-corrected chi connectivity index (χ3v) is 9.70. The van der Waals surface area contributed by atoms with Crippen LogP contribution in [0.3, 0.4) is 0 Å². The topological polar surface area (TPSA) is 27.7 Å². The molecule has 3 aliphatic carbocycles. The molecule has 1 aromatic carbocycles. The Hall–Kier alpha value is -1.88. The SMILES string of the molecule is C/C=C(\C=C/CCCC)C1CCC(OCC2CCC3CC(COc4ccc(OCC)c(F)c4F)CCC3C2)CC1. The predicted molar refractivity (Wildman–Crippen MR) is 159 cm³/mol. The Kier molecular flexibility index (Phi) is 12.4. The molecule has 0 amide bonds. The van der Waals surface area contributed by atoms with Gasteiger partial charge in [-0.05, 0) is 132 Å². The smallest absolute Gasteiger partial charge is 0.204 e. The van der Waals surface area contributed by atoms with Gasteiger partial charge in [-0.3, -0.25) is 0 Å². The van der Waals surface area contributed by atoms with Crippen molar-refractivity contribution in [3.05, 3.63) is 47.6 Å². The Morgan fingerprint density at radius 2 is 1.45 bits per heavy atom. The van der Waals surface area contributed by atoms with E-state index in [2.05, 4.69) is 32.1 Å². The highest BCUT2D eigenvalue weighted by atomic mass is 19.2. The Balaban J connectivity index is 1.14. The van der Waals surface area contributed by atoms with Gasteiger partial charge >= 0.3 is 0 Å². The maximum Gasteiger partial charge on any atom is 0.204 e. The molecule has 224 valence electrons. The molecular weight excluding hydrogens is 506 g/mol. The van der Waals surface area contributed by atoms with Crippen LogP contribution in [0.2, 0.25) is 0 Å². The summed E-state index contributed by atoms with van der Waals surface area (Å²) in [6, 6.07) is 2.94. The minimum Gasteiger partial charge on any atom is -0.491 e. The summed E-state index contributed by atoms with van der Waals surface area (Å²) in [5.74, 6) is 1.29. The molecule has 4 rings (SSSR count). The highest BCUT2D eigenvalue weighted by molar-refractivity contribution is 5.35. The van der Waals surface area contributed by atoms with E-state index in [0.717, 1.165) is 31.3 Å². The van der Waals surface area contributed by atoms with Crippen LogP contribution in [0.15, 0.2) is 35.9 Å². The second kappa shape index (κ2) is 15.9. The van der Waals surface area contributed by atoms with Crippen molar-refractivity contribution >= 4 is 0 Å². The van der Waals surface area contributed by atoms with Crippen molar-refractivity contribution in [2.45, 2.75) is 110 Å². The fourth-order valence-electron chi connectivity index (χ4n) is 7.33. The number of hydrogen-bond donors (Lipinski definition) is 0. The lowest BCUT2D eigenvalue weighted by Crippen LogP contribution is -2.35. The summed E-state index contributed by atoms with van der Waals surface area (Å²) in [6.07, 6.45) is 23.3. The maximum absolute atomic E-state index is 14.4. The average Bonchev–Trinajstić information content (AvgIpc) is 2.98. The van der Waals surface area contributed by atoms with E-state index in [1.807, 2.05) is 0 Å². The van der Waals surface area contributed by atoms with E-state index in [1.165, 1.54) is 88.3 Å². The van der Waals surface area contributed by atoms with Crippen LogP contribution in [0.1, 0.15) is 104 Å². The number of rotatable bonds is 13. The van der Waals surface area contributed by atoms with Crippen LogP contribution in [0.4, 0.5) is 8.78 Å². The van der Waals surface area contributed by atoms with Crippen LogP contribution in [0, 0.1) is 41.2 Å². The van der Waals surface area contributed by atoms with Crippen LogP contribution in [-0.2, 0) is 4.74 Å². The molecule has 0 aliphatic heterocycles. The number of halogens is 2. The van der Waals surface area contributed by atoms with Crippen molar-refractivity contribution in [2.75, 3.05) is 19.8 Å². The minimum absolute atomic E-state index is 0.0108. The van der Waals surface area contributed by atoms with Gasteiger partial charge < -0.3 is 14.2 Å². The van der Waals surface area contributed by atoms with E-state index in [0.29, 0.717) is 37.1 Å². The van der Waals surface area contributed by atoms with Gasteiger partial charge in [-0.25, -0.2) is 0 Å². The normalized spacial score (nSPS) is 29.4. The lowest BCUT2D eigenvalue weighted by atomic mass is 9.65. The van der Waals surface area contributed by atoms with E-state index >= 15 is 0 Å². The Labute approximate surface area is 241 Å². The highest BCUT2D eigenvalue weighted by Crippen LogP contribution is 2.45. The second-order valence-corrected chi connectivity index (χ2v) is 12.5. The zero-order valence-corrected chi connectivity index (χ0v) is 25.1. The summed E-state index contributed by atoms with van der Waals surface area (Å²) in [5.41, 5.74) is 1.52.